The van der Waals surface area contributed by atoms with Gasteiger partial charge in [0, 0.05) is 13.6 Å². The Kier molecular flexibility index (Phi) is 6.07. The van der Waals surface area contributed by atoms with E-state index in [9.17, 15) is 13.2 Å². The van der Waals surface area contributed by atoms with Crippen LogP contribution in [0.3, 0.4) is 0 Å². The predicted molar refractivity (Wildman–Crippen MR) is 79.6 cm³/mol. The van der Waals surface area contributed by atoms with E-state index in [0.29, 0.717) is 0 Å². The molecule has 0 atom stereocenters. The van der Waals surface area contributed by atoms with Crippen LogP contribution in [0.1, 0.15) is 19.8 Å². The van der Waals surface area contributed by atoms with Crippen LogP contribution in [-0.4, -0.2) is 38.7 Å². The summed E-state index contributed by atoms with van der Waals surface area (Å²) in [5.74, 6) is 0. The number of nitrogens with zero attached hydrogens (tertiary/aromatic N) is 2. The van der Waals surface area contributed by atoms with E-state index in [1.165, 1.54) is 30.8 Å². The molecule has 0 spiro atoms. The van der Waals surface area contributed by atoms with Crippen LogP contribution >= 0.6 is 0 Å². The van der Waals surface area contributed by atoms with Crippen molar-refractivity contribution in [3.8, 4) is 0 Å². The van der Waals surface area contributed by atoms with Gasteiger partial charge >= 0.3 is 15.6 Å². The molecular weight excluding hydrogens is 321 g/mol. The minimum Gasteiger partial charge on any atom is -0.355 e. The van der Waals surface area contributed by atoms with Crippen molar-refractivity contribution in [3.05, 3.63) is 24.3 Å². The second kappa shape index (κ2) is 7.19. The van der Waals surface area contributed by atoms with Gasteiger partial charge in [0.15, 0.2) is 0 Å². The zero-order valence-corrected chi connectivity index (χ0v) is 13.2. The largest absolute Gasteiger partial charge is 0.522 e. The zero-order valence-electron chi connectivity index (χ0n) is 12.3. The van der Waals surface area contributed by atoms with E-state index in [1.807, 2.05) is 0 Å². The predicted octanol–water partition coefficient (Wildman–Crippen LogP) is 3.09. The van der Waals surface area contributed by atoms with Gasteiger partial charge in [-0.15, -0.1) is 0 Å². The molecular formula is C13H19F3N2O3S. The Morgan fingerprint density at radius 3 is 2.18 bits per heavy atom. The highest BCUT2D eigenvalue weighted by molar-refractivity contribution is 7.86. The van der Waals surface area contributed by atoms with Crippen LogP contribution in [0.4, 0.5) is 24.5 Å². The molecule has 0 aromatic heterocycles. The third-order valence-corrected chi connectivity index (χ3v) is 3.68. The van der Waals surface area contributed by atoms with Crippen molar-refractivity contribution < 1.29 is 26.1 Å². The fourth-order valence-electron chi connectivity index (χ4n) is 2.00. The van der Waals surface area contributed by atoms with E-state index < -0.39 is 15.6 Å². The van der Waals surface area contributed by atoms with E-state index in [2.05, 4.69) is 48.0 Å². The summed E-state index contributed by atoms with van der Waals surface area (Å²) >= 11 is 0. The molecule has 1 aliphatic heterocycles. The number of benzene rings is 1. The minimum absolute atomic E-state index is 1.04. The maximum absolute atomic E-state index is 10.7. The first-order valence-electron chi connectivity index (χ1n) is 6.66. The van der Waals surface area contributed by atoms with Crippen LogP contribution in [0.5, 0.6) is 0 Å². The summed E-state index contributed by atoms with van der Waals surface area (Å²) in [6.45, 7) is 4.46. The maximum atomic E-state index is 10.7. The average molecular weight is 340 g/mol. The van der Waals surface area contributed by atoms with Crippen molar-refractivity contribution in [1.29, 1.82) is 0 Å². The summed E-state index contributed by atoms with van der Waals surface area (Å²) in [7, 11) is -3.68. The molecule has 2 rings (SSSR count). The molecule has 0 aliphatic carbocycles. The first-order chi connectivity index (χ1) is 10.1. The highest BCUT2D eigenvalue weighted by Crippen LogP contribution is 2.34. The second-order valence-electron chi connectivity index (χ2n) is 4.87. The van der Waals surface area contributed by atoms with Crippen LogP contribution in [0, 0.1) is 0 Å². The van der Waals surface area contributed by atoms with Gasteiger partial charge in [-0.2, -0.15) is 21.6 Å². The van der Waals surface area contributed by atoms with E-state index in [0.717, 1.165) is 6.67 Å². The van der Waals surface area contributed by atoms with Crippen LogP contribution < -0.4 is 9.80 Å². The zero-order chi connectivity index (χ0) is 17.0. The molecule has 0 saturated heterocycles. The van der Waals surface area contributed by atoms with Gasteiger partial charge in [-0.05, 0) is 18.6 Å². The number of fused-ring (bicyclic) bond motifs is 1. The number of alkyl halides is 3. The Morgan fingerprint density at radius 2 is 1.73 bits per heavy atom. The van der Waals surface area contributed by atoms with Gasteiger partial charge in [-0.3, -0.25) is 4.55 Å². The monoisotopic (exact) mass is 340 g/mol. The standard InChI is InChI=1S/C12H18N2.CHF3O3S/c1-3-4-9-14-10-13(2)11-7-5-6-8-12(11)14;2-1(3,4)8(5,6)7/h5-8H,3-4,9-10H2,1-2H3;(H,5,6,7). The Hall–Kier alpha value is -1.48. The molecule has 0 saturated carbocycles. The molecule has 1 aliphatic rings. The summed E-state index contributed by atoms with van der Waals surface area (Å²) in [6, 6.07) is 8.64. The number of halogens is 3. The van der Waals surface area contributed by atoms with E-state index >= 15 is 0 Å². The van der Waals surface area contributed by atoms with E-state index in [-0.39, 0.29) is 0 Å². The normalized spacial score (nSPS) is 14.5. The van der Waals surface area contributed by atoms with E-state index in [1.54, 1.807) is 0 Å². The number of hydrogen-bond donors (Lipinski definition) is 1. The number of hydrogen-bond acceptors (Lipinski definition) is 4. The molecule has 1 N–H and O–H groups in total. The fraction of sp³-hybridized carbons (Fsp3) is 0.538. The van der Waals surface area contributed by atoms with Gasteiger partial charge in [0.2, 0.25) is 0 Å². The SMILES string of the molecule is CCCCN1CN(C)c2ccccc21.O=S(=O)(O)C(F)(F)F. The lowest BCUT2D eigenvalue weighted by Gasteiger charge is -2.18. The van der Waals surface area contributed by atoms with Crippen LogP contribution in [0.25, 0.3) is 0 Å². The van der Waals surface area contributed by atoms with Crippen molar-refractivity contribution in [1.82, 2.24) is 0 Å². The molecule has 0 bridgehead atoms. The lowest BCUT2D eigenvalue weighted by atomic mass is 10.2. The third kappa shape index (κ3) is 4.77. The van der Waals surface area contributed by atoms with Crippen LogP contribution in [0.15, 0.2) is 24.3 Å². The molecule has 1 aromatic carbocycles. The molecule has 126 valence electrons. The molecule has 22 heavy (non-hydrogen) atoms. The van der Waals surface area contributed by atoms with Crippen molar-refractivity contribution >= 4 is 21.5 Å². The van der Waals surface area contributed by atoms with Gasteiger partial charge in [0.05, 0.1) is 18.0 Å². The summed E-state index contributed by atoms with van der Waals surface area (Å²) in [4.78, 5) is 4.77. The highest BCUT2D eigenvalue weighted by atomic mass is 32.2. The lowest BCUT2D eigenvalue weighted by molar-refractivity contribution is -0.0510. The Morgan fingerprint density at radius 1 is 1.23 bits per heavy atom. The van der Waals surface area contributed by atoms with Crippen molar-refractivity contribution in [2.24, 2.45) is 0 Å². The quantitative estimate of drug-likeness (QED) is 0.677. The van der Waals surface area contributed by atoms with Gasteiger partial charge < -0.3 is 9.80 Å². The molecule has 1 heterocycles. The maximum Gasteiger partial charge on any atom is 0.522 e. The summed E-state index contributed by atoms with van der Waals surface area (Å²) < 4.78 is 57.5. The van der Waals surface area contributed by atoms with Crippen molar-refractivity contribution in [2.45, 2.75) is 25.3 Å². The molecule has 9 heteroatoms. The Labute approximate surface area is 128 Å². The molecule has 0 amide bonds. The average Bonchev–Trinajstić information content (AvgIpc) is 2.72. The van der Waals surface area contributed by atoms with E-state index in [4.69, 9.17) is 13.0 Å². The molecule has 1 aromatic rings. The number of anilines is 2. The first-order valence-corrected chi connectivity index (χ1v) is 8.10. The van der Waals surface area contributed by atoms with Crippen LogP contribution in [0.2, 0.25) is 0 Å². The Bertz CT molecular complexity index is 590. The van der Waals surface area contributed by atoms with Crippen molar-refractivity contribution in [3.63, 3.8) is 0 Å². The number of unbranched alkanes of at least 4 members (excludes halogenated alkanes) is 1. The van der Waals surface area contributed by atoms with Crippen molar-refractivity contribution in [2.75, 3.05) is 30.1 Å². The summed E-state index contributed by atoms with van der Waals surface area (Å²) in [5, 5.41) is 0. The number of para-hydroxylation sites is 2. The van der Waals surface area contributed by atoms with Crippen LogP contribution in [-0.2, 0) is 10.1 Å². The highest BCUT2D eigenvalue weighted by Gasteiger charge is 2.44. The van der Waals surface area contributed by atoms with Gasteiger partial charge in [-0.1, -0.05) is 25.5 Å². The van der Waals surface area contributed by atoms with Gasteiger partial charge in [0.25, 0.3) is 0 Å². The second-order valence-corrected chi connectivity index (χ2v) is 6.28. The van der Waals surface area contributed by atoms with Gasteiger partial charge in [-0.25, -0.2) is 0 Å². The molecule has 0 radical (unpaired) electrons. The summed E-state index contributed by atoms with van der Waals surface area (Å²) in [6.07, 6.45) is 2.55. The molecule has 5 nitrogen and oxygen atoms in total. The molecule has 0 unspecified atom stereocenters. The lowest BCUT2D eigenvalue weighted by Crippen LogP contribution is -2.28. The first kappa shape index (κ1) is 18.6. The summed E-state index contributed by atoms with van der Waals surface area (Å²) in [5.41, 5.74) is -2.78. The smallest absolute Gasteiger partial charge is 0.355 e. The minimum atomic E-state index is -5.84. The third-order valence-electron chi connectivity index (χ3n) is 3.09. The Balaban J connectivity index is 0.000000261. The fourth-order valence-corrected chi connectivity index (χ4v) is 2.00. The molecule has 0 fully saturated rings. The topological polar surface area (TPSA) is 60.9 Å². The number of rotatable bonds is 3. The van der Waals surface area contributed by atoms with Gasteiger partial charge in [0.1, 0.15) is 0 Å².